The first-order chi connectivity index (χ1) is 9.31. The Balaban J connectivity index is 3.17. The van der Waals surface area contributed by atoms with Gasteiger partial charge in [-0.15, -0.1) is 0 Å². The monoisotopic (exact) mass is 281 g/mol. The number of aliphatic hydroxyl groups is 1. The summed E-state index contributed by atoms with van der Waals surface area (Å²) in [6.07, 6.45) is 0.940. The van der Waals surface area contributed by atoms with Gasteiger partial charge in [0.15, 0.2) is 0 Å². The number of non-ortho nitro benzene ring substituents is 1. The van der Waals surface area contributed by atoms with E-state index in [0.717, 1.165) is 18.7 Å². The maximum Gasteiger partial charge on any atom is 0.273 e. The normalized spacial score (nSPS) is 11.2. The van der Waals surface area contributed by atoms with E-state index in [0.29, 0.717) is 5.69 Å². The van der Waals surface area contributed by atoms with Gasteiger partial charge in [0, 0.05) is 37.1 Å². The smallest absolute Gasteiger partial charge is 0.273 e. The van der Waals surface area contributed by atoms with E-state index in [-0.39, 0.29) is 12.3 Å². The molecule has 0 heterocycles. The van der Waals surface area contributed by atoms with Gasteiger partial charge in [0.2, 0.25) is 0 Å². The molecule has 1 aromatic rings. The molecule has 0 aliphatic heterocycles. The molecule has 20 heavy (non-hydrogen) atoms. The van der Waals surface area contributed by atoms with Crippen LogP contribution in [0.1, 0.15) is 27.2 Å². The zero-order valence-electron chi connectivity index (χ0n) is 12.5. The highest BCUT2D eigenvalue weighted by Crippen LogP contribution is 2.30. The highest BCUT2D eigenvalue weighted by Gasteiger charge is 2.24. The third kappa shape index (κ3) is 3.84. The zero-order valence-corrected chi connectivity index (χ0v) is 12.5. The Kier molecular flexibility index (Phi) is 5.33. The quantitative estimate of drug-likeness (QED) is 0.593. The second kappa shape index (κ2) is 6.56. The van der Waals surface area contributed by atoms with Gasteiger partial charge in [0.25, 0.3) is 5.69 Å². The van der Waals surface area contributed by atoms with Crippen LogP contribution in [-0.2, 0) is 0 Å². The Morgan fingerprint density at radius 3 is 2.55 bits per heavy atom. The van der Waals surface area contributed by atoms with Crippen LogP contribution in [-0.4, -0.2) is 35.8 Å². The van der Waals surface area contributed by atoms with Gasteiger partial charge in [0.05, 0.1) is 17.1 Å². The fourth-order valence-electron chi connectivity index (χ4n) is 1.72. The van der Waals surface area contributed by atoms with Crippen molar-refractivity contribution in [1.82, 2.24) is 0 Å². The molecule has 0 saturated carbocycles. The minimum Gasteiger partial charge on any atom is -0.394 e. The van der Waals surface area contributed by atoms with Crippen LogP contribution in [0.3, 0.4) is 0 Å². The largest absolute Gasteiger partial charge is 0.394 e. The van der Waals surface area contributed by atoms with Crippen molar-refractivity contribution in [2.24, 2.45) is 0 Å². The Labute approximate surface area is 119 Å². The lowest BCUT2D eigenvalue weighted by Gasteiger charge is -2.36. The molecule has 0 aromatic heterocycles. The molecule has 6 heteroatoms. The van der Waals surface area contributed by atoms with E-state index in [4.69, 9.17) is 0 Å². The molecule has 112 valence electrons. The number of benzene rings is 1. The number of hydrogen-bond donors (Lipinski definition) is 2. The Hall–Kier alpha value is -1.82. The first-order valence-corrected chi connectivity index (χ1v) is 6.70. The minimum atomic E-state index is -0.489. The van der Waals surface area contributed by atoms with Gasteiger partial charge in [-0.3, -0.25) is 10.1 Å². The van der Waals surface area contributed by atoms with Crippen LogP contribution in [0.15, 0.2) is 18.2 Å². The third-order valence-corrected chi connectivity index (χ3v) is 3.37. The van der Waals surface area contributed by atoms with Crippen LogP contribution in [0, 0.1) is 10.1 Å². The molecular weight excluding hydrogens is 258 g/mol. The summed E-state index contributed by atoms with van der Waals surface area (Å²) in [6.45, 7) is 6.51. The maximum atomic E-state index is 11.0. The maximum absolute atomic E-state index is 11.0. The van der Waals surface area contributed by atoms with Gasteiger partial charge < -0.3 is 15.3 Å². The molecular formula is C14H23N3O3. The molecule has 1 aromatic carbocycles. The molecule has 0 spiro atoms. The molecule has 0 fully saturated rings. The number of nitro benzene ring substituents is 1. The Bertz CT molecular complexity index is 475. The van der Waals surface area contributed by atoms with Gasteiger partial charge in [-0.25, -0.2) is 0 Å². The predicted octanol–water partition coefficient (Wildman–Crippen LogP) is 2.62. The van der Waals surface area contributed by atoms with Gasteiger partial charge in [-0.05, 0) is 26.3 Å². The summed E-state index contributed by atoms with van der Waals surface area (Å²) < 4.78 is 0. The molecule has 0 aliphatic rings. The first kappa shape index (κ1) is 16.2. The van der Waals surface area contributed by atoms with Gasteiger partial charge in [-0.1, -0.05) is 6.92 Å². The summed E-state index contributed by atoms with van der Waals surface area (Å²) in [6, 6.07) is 4.91. The summed E-state index contributed by atoms with van der Waals surface area (Å²) in [5, 5.41) is 23.6. The highest BCUT2D eigenvalue weighted by atomic mass is 16.6. The topological polar surface area (TPSA) is 78.6 Å². The average molecular weight is 281 g/mol. The average Bonchev–Trinajstić information content (AvgIpc) is 2.43. The van der Waals surface area contributed by atoms with E-state index in [1.807, 2.05) is 38.8 Å². The van der Waals surface area contributed by atoms with Crippen LogP contribution in [0.2, 0.25) is 0 Å². The van der Waals surface area contributed by atoms with Crippen LogP contribution in [0.5, 0.6) is 0 Å². The third-order valence-electron chi connectivity index (χ3n) is 3.37. The van der Waals surface area contributed by atoms with E-state index in [2.05, 4.69) is 5.32 Å². The lowest BCUT2D eigenvalue weighted by atomic mass is 10.0. The Morgan fingerprint density at radius 1 is 1.40 bits per heavy atom. The van der Waals surface area contributed by atoms with E-state index >= 15 is 0 Å². The van der Waals surface area contributed by atoms with E-state index < -0.39 is 10.5 Å². The van der Waals surface area contributed by atoms with E-state index in [9.17, 15) is 15.2 Å². The van der Waals surface area contributed by atoms with Crippen molar-refractivity contribution in [3.8, 4) is 0 Å². The Morgan fingerprint density at radius 2 is 2.05 bits per heavy atom. The number of hydrogen-bond acceptors (Lipinski definition) is 5. The van der Waals surface area contributed by atoms with E-state index in [1.54, 1.807) is 0 Å². The van der Waals surface area contributed by atoms with Crippen LogP contribution in [0.4, 0.5) is 17.1 Å². The number of nitro groups is 1. The molecule has 1 rings (SSSR count). The van der Waals surface area contributed by atoms with Crippen LogP contribution in [0.25, 0.3) is 0 Å². The number of anilines is 2. The molecule has 0 atom stereocenters. The first-order valence-electron chi connectivity index (χ1n) is 6.70. The van der Waals surface area contributed by atoms with Crippen molar-refractivity contribution in [2.75, 3.05) is 30.4 Å². The molecule has 6 nitrogen and oxygen atoms in total. The van der Waals surface area contributed by atoms with Crippen molar-refractivity contribution >= 4 is 17.1 Å². The minimum absolute atomic E-state index is 0.0378. The van der Waals surface area contributed by atoms with Crippen molar-refractivity contribution in [3.05, 3.63) is 28.3 Å². The number of rotatable bonds is 7. The highest BCUT2D eigenvalue weighted by molar-refractivity contribution is 5.65. The fourth-order valence-corrected chi connectivity index (χ4v) is 1.72. The molecule has 2 N–H and O–H groups in total. The summed E-state index contributed by atoms with van der Waals surface area (Å²) in [7, 11) is 1.82. The predicted molar refractivity (Wildman–Crippen MR) is 81.4 cm³/mol. The SMILES string of the molecule is CCCNc1cc(N(C)C(C)(C)CO)cc([N+](=O)[O-])c1. The lowest BCUT2D eigenvalue weighted by molar-refractivity contribution is -0.384. The molecule has 0 amide bonds. The standard InChI is InChI=1S/C14H23N3O3/c1-5-6-15-11-7-12(9-13(8-11)17(19)20)16(4)14(2,3)10-18/h7-9,15,18H,5-6,10H2,1-4H3. The molecule has 0 aliphatic carbocycles. The van der Waals surface area contributed by atoms with Crippen molar-refractivity contribution in [1.29, 1.82) is 0 Å². The molecule has 0 bridgehead atoms. The molecule has 0 unspecified atom stereocenters. The van der Waals surface area contributed by atoms with Gasteiger partial charge >= 0.3 is 0 Å². The number of likely N-dealkylation sites (N-methyl/N-ethyl adjacent to an activating group) is 1. The van der Waals surface area contributed by atoms with Crippen molar-refractivity contribution in [2.45, 2.75) is 32.7 Å². The van der Waals surface area contributed by atoms with Crippen LogP contribution < -0.4 is 10.2 Å². The molecule has 0 saturated heterocycles. The van der Waals surface area contributed by atoms with Crippen molar-refractivity contribution in [3.63, 3.8) is 0 Å². The fraction of sp³-hybridized carbons (Fsp3) is 0.571. The summed E-state index contributed by atoms with van der Waals surface area (Å²) in [5.74, 6) is 0. The van der Waals surface area contributed by atoms with E-state index in [1.165, 1.54) is 12.1 Å². The van der Waals surface area contributed by atoms with Crippen LogP contribution >= 0.6 is 0 Å². The summed E-state index contributed by atoms with van der Waals surface area (Å²) >= 11 is 0. The second-order valence-corrected chi connectivity index (χ2v) is 5.45. The number of nitrogens with one attached hydrogen (secondary N) is 1. The van der Waals surface area contributed by atoms with Gasteiger partial charge in [0.1, 0.15) is 0 Å². The van der Waals surface area contributed by atoms with Crippen molar-refractivity contribution < 1.29 is 10.0 Å². The number of aliphatic hydroxyl groups excluding tert-OH is 1. The summed E-state index contributed by atoms with van der Waals surface area (Å²) in [4.78, 5) is 12.5. The number of nitrogens with zero attached hydrogens (tertiary/aromatic N) is 2. The van der Waals surface area contributed by atoms with Gasteiger partial charge in [-0.2, -0.15) is 0 Å². The molecule has 0 radical (unpaired) electrons. The summed E-state index contributed by atoms with van der Waals surface area (Å²) in [5.41, 5.74) is 0.979. The second-order valence-electron chi connectivity index (χ2n) is 5.45. The zero-order chi connectivity index (χ0) is 15.3. The lowest BCUT2D eigenvalue weighted by Crippen LogP contribution is -2.44.